The van der Waals surface area contributed by atoms with Gasteiger partial charge in [-0.1, -0.05) is 26.0 Å². The molecule has 146 valence electrons. The number of hydrogen-bond acceptors (Lipinski definition) is 4. The third-order valence-electron chi connectivity index (χ3n) is 4.71. The molecule has 2 heterocycles. The second-order valence-corrected chi connectivity index (χ2v) is 7.23. The van der Waals surface area contributed by atoms with Crippen LogP contribution in [0.25, 0.3) is 5.69 Å². The van der Waals surface area contributed by atoms with Crippen molar-refractivity contribution in [3.05, 3.63) is 42.7 Å². The Hall–Kier alpha value is -2.38. The minimum absolute atomic E-state index is 0.198. The number of nitrogens with one attached hydrogen (secondary N) is 2. The summed E-state index contributed by atoms with van der Waals surface area (Å²) in [4.78, 5) is 14.9. The molecule has 1 fully saturated rings. The fraction of sp³-hybridized carbons (Fsp3) is 0.500. The van der Waals surface area contributed by atoms with E-state index in [4.69, 9.17) is 4.74 Å². The summed E-state index contributed by atoms with van der Waals surface area (Å²) >= 11 is 0. The third-order valence-corrected chi connectivity index (χ3v) is 4.71. The standard InChI is InChI=1S/C20H29N5O2/c1-16(2)14-17(24-10-12-27-13-11-24)15-21-20(26)23-18-6-3-4-7-19(18)25-9-5-8-22-25/h3-9,16-17H,10-15H2,1-2H3,(H2,21,23,26)/t17-/m1/s1. The first-order valence-electron chi connectivity index (χ1n) is 9.59. The van der Waals surface area contributed by atoms with Crippen LogP contribution in [0.1, 0.15) is 20.3 Å². The lowest BCUT2D eigenvalue weighted by atomic mass is 10.0. The van der Waals surface area contributed by atoms with Gasteiger partial charge in [-0.25, -0.2) is 9.48 Å². The lowest BCUT2D eigenvalue weighted by Crippen LogP contribution is -2.49. The molecule has 2 amide bonds. The molecule has 0 aliphatic carbocycles. The van der Waals surface area contributed by atoms with Crippen molar-refractivity contribution in [2.75, 3.05) is 38.2 Å². The molecule has 0 unspecified atom stereocenters. The Morgan fingerprint density at radius 2 is 2.00 bits per heavy atom. The van der Waals surface area contributed by atoms with Crippen LogP contribution in [0, 0.1) is 5.92 Å². The quantitative estimate of drug-likeness (QED) is 0.785. The van der Waals surface area contributed by atoms with E-state index >= 15 is 0 Å². The van der Waals surface area contributed by atoms with E-state index in [0.29, 0.717) is 18.5 Å². The predicted molar refractivity (Wildman–Crippen MR) is 106 cm³/mol. The van der Waals surface area contributed by atoms with Gasteiger partial charge in [-0.2, -0.15) is 5.10 Å². The van der Waals surface area contributed by atoms with Crippen LogP contribution in [0.3, 0.4) is 0 Å². The maximum atomic E-state index is 12.5. The molecule has 0 radical (unpaired) electrons. The maximum Gasteiger partial charge on any atom is 0.319 e. The predicted octanol–water partition coefficient (Wildman–Crippen LogP) is 2.74. The van der Waals surface area contributed by atoms with Gasteiger partial charge >= 0.3 is 6.03 Å². The van der Waals surface area contributed by atoms with Crippen molar-refractivity contribution in [1.82, 2.24) is 20.0 Å². The average molecular weight is 371 g/mol. The number of para-hydroxylation sites is 2. The van der Waals surface area contributed by atoms with Crippen molar-refractivity contribution < 1.29 is 9.53 Å². The van der Waals surface area contributed by atoms with Crippen LogP contribution in [0.15, 0.2) is 42.7 Å². The molecule has 0 spiro atoms. The first-order valence-corrected chi connectivity index (χ1v) is 9.59. The first kappa shape index (κ1) is 19.4. The number of rotatable bonds is 7. The summed E-state index contributed by atoms with van der Waals surface area (Å²) < 4.78 is 7.20. The second-order valence-electron chi connectivity index (χ2n) is 7.23. The van der Waals surface area contributed by atoms with Gasteiger partial charge in [0.05, 0.1) is 24.6 Å². The smallest absolute Gasteiger partial charge is 0.319 e. The van der Waals surface area contributed by atoms with Crippen LogP contribution < -0.4 is 10.6 Å². The Bertz CT molecular complexity index is 711. The number of anilines is 1. The zero-order chi connectivity index (χ0) is 19.1. The second kappa shape index (κ2) is 9.53. The molecular formula is C20H29N5O2. The van der Waals surface area contributed by atoms with E-state index in [-0.39, 0.29) is 6.03 Å². The normalized spacial score (nSPS) is 16.3. The molecule has 1 aromatic heterocycles. The van der Waals surface area contributed by atoms with Crippen LogP contribution in [-0.2, 0) is 4.74 Å². The summed E-state index contributed by atoms with van der Waals surface area (Å²) in [5, 5.41) is 10.2. The number of carbonyl (C=O) groups excluding carboxylic acids is 1. The van der Waals surface area contributed by atoms with Gasteiger partial charge in [0.2, 0.25) is 0 Å². The fourth-order valence-electron chi connectivity index (χ4n) is 3.42. The molecule has 1 aliphatic heterocycles. The Morgan fingerprint density at radius 1 is 1.22 bits per heavy atom. The molecule has 7 heteroatoms. The number of carbonyl (C=O) groups is 1. The fourth-order valence-corrected chi connectivity index (χ4v) is 3.42. The topological polar surface area (TPSA) is 71.4 Å². The van der Waals surface area contributed by atoms with E-state index in [1.54, 1.807) is 10.9 Å². The van der Waals surface area contributed by atoms with E-state index in [0.717, 1.165) is 44.1 Å². The van der Waals surface area contributed by atoms with Gasteiger partial charge in [-0.15, -0.1) is 0 Å². The number of nitrogens with zero attached hydrogens (tertiary/aromatic N) is 3. The molecule has 0 saturated carbocycles. The van der Waals surface area contributed by atoms with Crippen molar-refractivity contribution in [3.63, 3.8) is 0 Å². The Kier molecular flexibility index (Phi) is 6.84. The van der Waals surface area contributed by atoms with Crippen molar-refractivity contribution in [2.45, 2.75) is 26.3 Å². The van der Waals surface area contributed by atoms with Gasteiger partial charge < -0.3 is 15.4 Å². The third kappa shape index (κ3) is 5.55. The molecule has 1 saturated heterocycles. The largest absolute Gasteiger partial charge is 0.379 e. The highest BCUT2D eigenvalue weighted by Gasteiger charge is 2.22. The van der Waals surface area contributed by atoms with E-state index in [1.807, 2.05) is 36.5 Å². The highest BCUT2D eigenvalue weighted by molar-refractivity contribution is 5.91. The Balaban J connectivity index is 1.60. The summed E-state index contributed by atoms with van der Waals surface area (Å²) in [6, 6.07) is 9.62. The van der Waals surface area contributed by atoms with Gasteiger partial charge in [-0.05, 0) is 30.5 Å². The van der Waals surface area contributed by atoms with Crippen LogP contribution in [0.4, 0.5) is 10.5 Å². The van der Waals surface area contributed by atoms with E-state index in [9.17, 15) is 4.79 Å². The van der Waals surface area contributed by atoms with Crippen molar-refractivity contribution in [1.29, 1.82) is 0 Å². The van der Waals surface area contributed by atoms with Gasteiger partial charge in [0.25, 0.3) is 0 Å². The molecule has 2 N–H and O–H groups in total. The molecule has 1 aromatic carbocycles. The number of aromatic nitrogens is 2. The zero-order valence-electron chi connectivity index (χ0n) is 16.1. The van der Waals surface area contributed by atoms with Crippen molar-refractivity contribution in [2.24, 2.45) is 5.92 Å². The highest BCUT2D eigenvalue weighted by atomic mass is 16.5. The highest BCUT2D eigenvalue weighted by Crippen LogP contribution is 2.19. The van der Waals surface area contributed by atoms with Crippen LogP contribution in [0.2, 0.25) is 0 Å². The van der Waals surface area contributed by atoms with Crippen molar-refractivity contribution in [3.8, 4) is 5.69 Å². The lowest BCUT2D eigenvalue weighted by Gasteiger charge is -2.35. The first-order chi connectivity index (χ1) is 13.1. The SMILES string of the molecule is CC(C)C[C@H](CNC(=O)Nc1ccccc1-n1cccn1)N1CCOCC1. The van der Waals surface area contributed by atoms with Crippen molar-refractivity contribution >= 4 is 11.7 Å². The van der Waals surface area contributed by atoms with Gasteiger partial charge in [-0.3, -0.25) is 4.90 Å². The Labute approximate surface area is 160 Å². The number of hydrogen-bond donors (Lipinski definition) is 2. The number of benzene rings is 1. The summed E-state index contributed by atoms with van der Waals surface area (Å²) in [7, 11) is 0. The minimum atomic E-state index is -0.198. The monoisotopic (exact) mass is 371 g/mol. The maximum absolute atomic E-state index is 12.5. The van der Waals surface area contributed by atoms with E-state index in [1.165, 1.54) is 0 Å². The molecule has 2 aromatic rings. The van der Waals surface area contributed by atoms with E-state index < -0.39 is 0 Å². The summed E-state index contributed by atoms with van der Waals surface area (Å²) in [6.45, 7) is 8.41. The molecule has 7 nitrogen and oxygen atoms in total. The van der Waals surface area contributed by atoms with Gasteiger partial charge in [0, 0.05) is 38.1 Å². The minimum Gasteiger partial charge on any atom is -0.379 e. The van der Waals surface area contributed by atoms with Gasteiger partial charge in [0.15, 0.2) is 0 Å². The number of urea groups is 1. The van der Waals surface area contributed by atoms with Crippen LogP contribution in [-0.4, -0.2) is 59.6 Å². The molecule has 1 atom stereocenters. The number of morpholine rings is 1. The Morgan fingerprint density at radius 3 is 2.70 bits per heavy atom. The summed E-state index contributed by atoms with van der Waals surface area (Å²) in [5.74, 6) is 0.572. The molecule has 0 bridgehead atoms. The van der Waals surface area contributed by atoms with Crippen LogP contribution >= 0.6 is 0 Å². The number of amides is 2. The summed E-state index contributed by atoms with van der Waals surface area (Å²) in [6.07, 6.45) is 4.62. The summed E-state index contributed by atoms with van der Waals surface area (Å²) in [5.41, 5.74) is 1.56. The molecular weight excluding hydrogens is 342 g/mol. The average Bonchev–Trinajstić information content (AvgIpc) is 3.20. The molecule has 3 rings (SSSR count). The van der Waals surface area contributed by atoms with Crippen LogP contribution in [0.5, 0.6) is 0 Å². The zero-order valence-corrected chi connectivity index (χ0v) is 16.1. The number of ether oxygens (including phenoxy) is 1. The molecule has 1 aliphatic rings. The van der Waals surface area contributed by atoms with Gasteiger partial charge in [0.1, 0.15) is 0 Å². The van der Waals surface area contributed by atoms with E-state index in [2.05, 4.69) is 34.5 Å². The molecule has 27 heavy (non-hydrogen) atoms. The lowest BCUT2D eigenvalue weighted by molar-refractivity contribution is 0.0130.